The summed E-state index contributed by atoms with van der Waals surface area (Å²) in [5.41, 5.74) is 2.41. The lowest BCUT2D eigenvalue weighted by atomic mass is 10.1. The summed E-state index contributed by atoms with van der Waals surface area (Å²) in [5, 5.41) is 5.42. The molecule has 94 valence electrons. The van der Waals surface area contributed by atoms with E-state index in [4.69, 9.17) is 11.6 Å². The van der Waals surface area contributed by atoms with Crippen LogP contribution < -0.4 is 0 Å². The Hall–Kier alpha value is -1.28. The minimum atomic E-state index is 0.625. The van der Waals surface area contributed by atoms with Crippen LogP contribution in [0.1, 0.15) is 42.9 Å². The van der Waals surface area contributed by atoms with Gasteiger partial charge >= 0.3 is 0 Å². The SMILES string of the molecule is Clc1cc(C2CCCC2)nn1Cc1ccccc1. The Labute approximate surface area is 113 Å². The molecule has 1 aromatic heterocycles. The molecule has 2 nitrogen and oxygen atoms in total. The highest BCUT2D eigenvalue weighted by molar-refractivity contribution is 6.29. The first-order valence-electron chi connectivity index (χ1n) is 6.60. The molecule has 1 fully saturated rings. The zero-order chi connectivity index (χ0) is 12.4. The number of benzene rings is 1. The molecule has 2 aromatic rings. The molecule has 1 aromatic carbocycles. The van der Waals surface area contributed by atoms with Crippen LogP contribution in [-0.2, 0) is 6.54 Å². The van der Waals surface area contributed by atoms with E-state index in [1.165, 1.54) is 36.9 Å². The van der Waals surface area contributed by atoms with Crippen molar-refractivity contribution in [1.82, 2.24) is 9.78 Å². The average molecular weight is 261 g/mol. The van der Waals surface area contributed by atoms with Crippen molar-refractivity contribution >= 4 is 11.6 Å². The Bertz CT molecular complexity index is 513. The number of hydrogen-bond acceptors (Lipinski definition) is 1. The fourth-order valence-corrected chi connectivity index (χ4v) is 2.91. The molecule has 0 aliphatic heterocycles. The number of aromatic nitrogens is 2. The van der Waals surface area contributed by atoms with Gasteiger partial charge in [0.2, 0.25) is 0 Å². The van der Waals surface area contributed by atoms with Gasteiger partial charge < -0.3 is 0 Å². The third-order valence-corrected chi connectivity index (χ3v) is 4.00. The Morgan fingerprint density at radius 2 is 1.89 bits per heavy atom. The fourth-order valence-electron chi connectivity index (χ4n) is 2.70. The van der Waals surface area contributed by atoms with Crippen molar-refractivity contribution in [1.29, 1.82) is 0 Å². The predicted molar refractivity (Wildman–Crippen MR) is 74.0 cm³/mol. The van der Waals surface area contributed by atoms with E-state index in [2.05, 4.69) is 17.2 Å². The zero-order valence-corrected chi connectivity index (χ0v) is 11.1. The van der Waals surface area contributed by atoms with Gasteiger partial charge in [0.15, 0.2) is 0 Å². The molecule has 0 bridgehead atoms. The van der Waals surface area contributed by atoms with E-state index in [0.717, 1.165) is 11.7 Å². The zero-order valence-electron chi connectivity index (χ0n) is 10.3. The Balaban J connectivity index is 1.80. The predicted octanol–water partition coefficient (Wildman–Crippen LogP) is 4.24. The molecule has 0 atom stereocenters. The number of nitrogens with zero attached hydrogens (tertiary/aromatic N) is 2. The van der Waals surface area contributed by atoms with Gasteiger partial charge in [0.05, 0.1) is 12.2 Å². The quantitative estimate of drug-likeness (QED) is 0.807. The molecule has 0 N–H and O–H groups in total. The van der Waals surface area contributed by atoms with Crippen LogP contribution in [0, 0.1) is 0 Å². The summed E-state index contributed by atoms with van der Waals surface area (Å²) in [5.74, 6) is 0.625. The Morgan fingerprint density at radius 3 is 2.61 bits per heavy atom. The second kappa shape index (κ2) is 5.15. The lowest BCUT2D eigenvalue weighted by Crippen LogP contribution is -2.03. The highest BCUT2D eigenvalue weighted by Crippen LogP contribution is 2.34. The topological polar surface area (TPSA) is 17.8 Å². The van der Waals surface area contributed by atoms with Crippen molar-refractivity contribution in [3.8, 4) is 0 Å². The minimum absolute atomic E-state index is 0.625. The van der Waals surface area contributed by atoms with Gasteiger partial charge in [-0.25, -0.2) is 4.68 Å². The van der Waals surface area contributed by atoms with Crippen LogP contribution in [0.5, 0.6) is 0 Å². The maximum Gasteiger partial charge on any atom is 0.127 e. The Morgan fingerprint density at radius 1 is 1.17 bits per heavy atom. The first kappa shape index (κ1) is 11.8. The van der Waals surface area contributed by atoms with Crippen LogP contribution in [0.25, 0.3) is 0 Å². The normalized spacial score (nSPS) is 16.3. The monoisotopic (exact) mass is 260 g/mol. The van der Waals surface area contributed by atoms with Gasteiger partial charge in [-0.2, -0.15) is 5.10 Å². The standard InChI is InChI=1S/C15H17ClN2/c16-15-10-14(13-8-4-5-9-13)17-18(15)11-12-6-2-1-3-7-12/h1-3,6-7,10,13H,4-5,8-9,11H2. The summed E-state index contributed by atoms with van der Waals surface area (Å²) in [6, 6.07) is 12.4. The summed E-state index contributed by atoms with van der Waals surface area (Å²) >= 11 is 6.27. The lowest BCUT2D eigenvalue weighted by molar-refractivity contribution is 0.629. The maximum atomic E-state index is 6.27. The van der Waals surface area contributed by atoms with Gasteiger partial charge in [-0.15, -0.1) is 0 Å². The molecule has 0 radical (unpaired) electrons. The summed E-state index contributed by atoms with van der Waals surface area (Å²) in [4.78, 5) is 0. The van der Waals surface area contributed by atoms with E-state index >= 15 is 0 Å². The van der Waals surface area contributed by atoms with Crippen molar-refractivity contribution in [2.45, 2.75) is 38.1 Å². The fraction of sp³-hybridized carbons (Fsp3) is 0.400. The Kier molecular flexibility index (Phi) is 3.37. The minimum Gasteiger partial charge on any atom is -0.249 e. The van der Waals surface area contributed by atoms with Gasteiger partial charge in [-0.3, -0.25) is 0 Å². The van der Waals surface area contributed by atoms with Gasteiger partial charge in [0.1, 0.15) is 5.15 Å². The van der Waals surface area contributed by atoms with E-state index in [1.54, 1.807) is 0 Å². The number of rotatable bonds is 3. The maximum absolute atomic E-state index is 6.27. The van der Waals surface area contributed by atoms with E-state index in [9.17, 15) is 0 Å². The average Bonchev–Trinajstić information content (AvgIpc) is 3.01. The van der Waals surface area contributed by atoms with Crippen LogP contribution in [0.4, 0.5) is 0 Å². The van der Waals surface area contributed by atoms with Gasteiger partial charge in [-0.1, -0.05) is 54.8 Å². The molecule has 18 heavy (non-hydrogen) atoms. The molecule has 1 aliphatic carbocycles. The smallest absolute Gasteiger partial charge is 0.127 e. The van der Waals surface area contributed by atoms with Crippen molar-refractivity contribution in [3.05, 3.63) is 52.8 Å². The molecule has 3 rings (SSSR count). The van der Waals surface area contributed by atoms with E-state index in [0.29, 0.717) is 5.92 Å². The van der Waals surface area contributed by atoms with Crippen LogP contribution in [0.2, 0.25) is 5.15 Å². The van der Waals surface area contributed by atoms with E-state index in [-0.39, 0.29) is 0 Å². The van der Waals surface area contributed by atoms with Gasteiger partial charge in [0, 0.05) is 5.92 Å². The van der Waals surface area contributed by atoms with Crippen LogP contribution in [-0.4, -0.2) is 9.78 Å². The third kappa shape index (κ3) is 2.44. The van der Waals surface area contributed by atoms with Crippen LogP contribution in [0.3, 0.4) is 0 Å². The van der Waals surface area contributed by atoms with Gasteiger partial charge in [0.25, 0.3) is 0 Å². The molecular formula is C15H17ClN2. The largest absolute Gasteiger partial charge is 0.249 e. The van der Waals surface area contributed by atoms with E-state index in [1.807, 2.05) is 28.9 Å². The highest BCUT2D eigenvalue weighted by atomic mass is 35.5. The second-order valence-electron chi connectivity index (χ2n) is 5.02. The van der Waals surface area contributed by atoms with Crippen molar-refractivity contribution < 1.29 is 0 Å². The molecule has 1 heterocycles. The van der Waals surface area contributed by atoms with E-state index < -0.39 is 0 Å². The molecule has 0 saturated heterocycles. The highest BCUT2D eigenvalue weighted by Gasteiger charge is 2.20. The van der Waals surface area contributed by atoms with Gasteiger partial charge in [-0.05, 0) is 24.5 Å². The lowest BCUT2D eigenvalue weighted by Gasteiger charge is -2.05. The molecule has 0 amide bonds. The molecular weight excluding hydrogens is 244 g/mol. The molecule has 0 spiro atoms. The number of halogens is 1. The molecule has 1 saturated carbocycles. The summed E-state index contributed by atoms with van der Waals surface area (Å²) in [7, 11) is 0. The third-order valence-electron chi connectivity index (χ3n) is 3.70. The second-order valence-corrected chi connectivity index (χ2v) is 5.40. The summed E-state index contributed by atoms with van der Waals surface area (Å²) < 4.78 is 1.91. The van der Waals surface area contributed by atoms with Crippen LogP contribution >= 0.6 is 11.6 Å². The van der Waals surface area contributed by atoms with Crippen molar-refractivity contribution in [2.75, 3.05) is 0 Å². The summed E-state index contributed by atoms with van der Waals surface area (Å²) in [6.07, 6.45) is 5.18. The molecule has 1 aliphatic rings. The first-order valence-corrected chi connectivity index (χ1v) is 6.98. The molecule has 0 unspecified atom stereocenters. The van der Waals surface area contributed by atoms with Crippen LogP contribution in [0.15, 0.2) is 36.4 Å². The van der Waals surface area contributed by atoms with Crippen molar-refractivity contribution in [3.63, 3.8) is 0 Å². The first-order chi connectivity index (χ1) is 8.83. The summed E-state index contributed by atoms with van der Waals surface area (Å²) in [6.45, 7) is 0.756. The van der Waals surface area contributed by atoms with Crippen molar-refractivity contribution in [2.24, 2.45) is 0 Å². The molecule has 3 heteroatoms. The number of hydrogen-bond donors (Lipinski definition) is 0.